The van der Waals surface area contributed by atoms with Gasteiger partial charge in [0.1, 0.15) is 5.75 Å². The number of carbonyl (C=O) groups is 2. The highest BCUT2D eigenvalue weighted by Crippen LogP contribution is 2.21. The number of nitrogens with zero attached hydrogens (tertiary/aromatic N) is 1. The summed E-state index contributed by atoms with van der Waals surface area (Å²) in [6.45, 7) is 3.06. The summed E-state index contributed by atoms with van der Waals surface area (Å²) in [5.41, 5.74) is 1.79. The number of anilines is 1. The molecule has 0 saturated carbocycles. The zero-order chi connectivity index (χ0) is 17.6. The summed E-state index contributed by atoms with van der Waals surface area (Å²) in [6.07, 6.45) is 0.631. The number of hydrogen-bond donors (Lipinski definition) is 1. The number of nitrogens with one attached hydrogen (secondary N) is 1. The van der Waals surface area contributed by atoms with Gasteiger partial charge in [-0.05, 0) is 36.8 Å². The largest absolute Gasteiger partial charge is 0.494 e. The van der Waals surface area contributed by atoms with Gasteiger partial charge in [-0.1, -0.05) is 30.3 Å². The van der Waals surface area contributed by atoms with Crippen LogP contribution < -0.4 is 15.0 Å². The second kappa shape index (κ2) is 7.83. The molecule has 1 fully saturated rings. The van der Waals surface area contributed by atoms with Crippen LogP contribution in [0.3, 0.4) is 0 Å². The number of amides is 2. The van der Waals surface area contributed by atoms with E-state index in [4.69, 9.17) is 4.74 Å². The summed E-state index contributed by atoms with van der Waals surface area (Å²) in [7, 11) is 0. The molecular weight excluding hydrogens is 316 g/mol. The van der Waals surface area contributed by atoms with Gasteiger partial charge in [-0.25, -0.2) is 0 Å². The first-order valence-electron chi connectivity index (χ1n) is 8.52. The third-order valence-electron chi connectivity index (χ3n) is 4.16. The number of para-hydroxylation sites is 1. The van der Waals surface area contributed by atoms with E-state index in [0.717, 1.165) is 17.0 Å². The molecule has 2 aromatic carbocycles. The van der Waals surface area contributed by atoms with Crippen LogP contribution >= 0.6 is 0 Å². The maximum absolute atomic E-state index is 12.3. The topological polar surface area (TPSA) is 58.6 Å². The molecule has 5 heteroatoms. The average Bonchev–Trinajstić information content (AvgIpc) is 2.98. The molecule has 130 valence electrons. The van der Waals surface area contributed by atoms with Crippen molar-refractivity contribution in [1.82, 2.24) is 5.32 Å². The van der Waals surface area contributed by atoms with E-state index >= 15 is 0 Å². The van der Waals surface area contributed by atoms with E-state index in [-0.39, 0.29) is 17.9 Å². The molecule has 1 aliphatic heterocycles. The quantitative estimate of drug-likeness (QED) is 0.881. The molecule has 0 radical (unpaired) electrons. The van der Waals surface area contributed by atoms with Gasteiger partial charge in [-0.2, -0.15) is 0 Å². The maximum atomic E-state index is 12.3. The molecule has 1 unspecified atom stereocenters. The zero-order valence-electron chi connectivity index (χ0n) is 14.3. The minimum absolute atomic E-state index is 0.0394. The van der Waals surface area contributed by atoms with Crippen LogP contribution in [0.5, 0.6) is 5.75 Å². The van der Waals surface area contributed by atoms with Crippen LogP contribution in [0.4, 0.5) is 5.69 Å². The monoisotopic (exact) mass is 338 g/mol. The molecule has 1 atom stereocenters. The lowest BCUT2D eigenvalue weighted by molar-refractivity contribution is -0.121. The van der Waals surface area contributed by atoms with Crippen molar-refractivity contribution in [1.29, 1.82) is 0 Å². The fraction of sp³-hybridized carbons (Fsp3) is 0.300. The van der Waals surface area contributed by atoms with Crippen molar-refractivity contribution in [2.24, 2.45) is 0 Å². The molecule has 1 N–H and O–H groups in total. The third-order valence-corrected chi connectivity index (χ3v) is 4.16. The number of hydrogen-bond acceptors (Lipinski definition) is 3. The Morgan fingerprint density at radius 1 is 1.16 bits per heavy atom. The smallest absolute Gasteiger partial charge is 0.229 e. The van der Waals surface area contributed by atoms with Crippen LogP contribution in [0.15, 0.2) is 54.6 Å². The molecule has 25 heavy (non-hydrogen) atoms. The van der Waals surface area contributed by atoms with Gasteiger partial charge >= 0.3 is 0 Å². The number of benzene rings is 2. The molecule has 0 aliphatic carbocycles. The first kappa shape index (κ1) is 17.0. The zero-order valence-corrected chi connectivity index (χ0v) is 14.3. The van der Waals surface area contributed by atoms with Crippen molar-refractivity contribution in [2.45, 2.75) is 25.8 Å². The van der Waals surface area contributed by atoms with E-state index in [9.17, 15) is 9.59 Å². The van der Waals surface area contributed by atoms with Crippen molar-refractivity contribution in [3.8, 4) is 5.75 Å². The van der Waals surface area contributed by atoms with E-state index in [2.05, 4.69) is 5.32 Å². The Morgan fingerprint density at radius 2 is 1.88 bits per heavy atom. The molecule has 0 spiro atoms. The fourth-order valence-electron chi connectivity index (χ4n) is 3.00. The van der Waals surface area contributed by atoms with Crippen molar-refractivity contribution in [2.75, 3.05) is 18.1 Å². The number of rotatable bonds is 6. The van der Waals surface area contributed by atoms with E-state index in [1.165, 1.54) is 0 Å². The van der Waals surface area contributed by atoms with Gasteiger partial charge in [0.15, 0.2) is 0 Å². The van der Waals surface area contributed by atoms with Crippen molar-refractivity contribution in [3.05, 3.63) is 60.2 Å². The molecule has 3 rings (SSSR count). The lowest BCUT2D eigenvalue weighted by Gasteiger charge is -2.17. The SMILES string of the molecule is CCOc1ccc(CC(=O)NC2CC(=O)N(c3ccccc3)C2)cc1. The van der Waals surface area contributed by atoms with Crippen molar-refractivity contribution < 1.29 is 14.3 Å². The van der Waals surface area contributed by atoms with Gasteiger partial charge < -0.3 is 15.0 Å². The lowest BCUT2D eigenvalue weighted by atomic mass is 10.1. The Bertz CT molecular complexity index is 728. The van der Waals surface area contributed by atoms with Gasteiger partial charge in [0, 0.05) is 18.7 Å². The molecule has 2 amide bonds. The van der Waals surface area contributed by atoms with Crippen LogP contribution in [0.25, 0.3) is 0 Å². The highest BCUT2D eigenvalue weighted by atomic mass is 16.5. The lowest BCUT2D eigenvalue weighted by Crippen LogP contribution is -2.38. The first-order chi connectivity index (χ1) is 12.2. The normalized spacial score (nSPS) is 16.8. The Labute approximate surface area is 147 Å². The predicted octanol–water partition coefficient (Wildman–Crippen LogP) is 2.55. The summed E-state index contributed by atoms with van der Waals surface area (Å²) < 4.78 is 5.40. The van der Waals surface area contributed by atoms with E-state index in [1.807, 2.05) is 61.5 Å². The van der Waals surface area contributed by atoms with E-state index in [0.29, 0.717) is 26.0 Å². The Morgan fingerprint density at radius 3 is 2.56 bits per heavy atom. The first-order valence-corrected chi connectivity index (χ1v) is 8.52. The van der Waals surface area contributed by atoms with E-state index in [1.54, 1.807) is 4.90 Å². The molecular formula is C20H22N2O3. The Balaban J connectivity index is 1.54. The van der Waals surface area contributed by atoms with E-state index < -0.39 is 0 Å². The Hall–Kier alpha value is -2.82. The summed E-state index contributed by atoms with van der Waals surface area (Å²) in [5.74, 6) is 0.765. The third kappa shape index (κ3) is 4.38. The van der Waals surface area contributed by atoms with Gasteiger partial charge in [0.05, 0.1) is 19.1 Å². The number of carbonyl (C=O) groups excluding carboxylic acids is 2. The average molecular weight is 338 g/mol. The second-order valence-electron chi connectivity index (χ2n) is 6.06. The fourth-order valence-corrected chi connectivity index (χ4v) is 3.00. The maximum Gasteiger partial charge on any atom is 0.229 e. The molecule has 1 heterocycles. The van der Waals surface area contributed by atoms with Crippen LogP contribution in [-0.4, -0.2) is 31.0 Å². The van der Waals surface area contributed by atoms with Crippen LogP contribution in [0.1, 0.15) is 18.9 Å². The van der Waals surface area contributed by atoms with Crippen LogP contribution in [-0.2, 0) is 16.0 Å². The minimum atomic E-state index is -0.150. The molecule has 0 bridgehead atoms. The van der Waals surface area contributed by atoms with Crippen LogP contribution in [0.2, 0.25) is 0 Å². The Kier molecular flexibility index (Phi) is 5.33. The summed E-state index contributed by atoms with van der Waals surface area (Å²) in [5, 5.41) is 2.96. The highest BCUT2D eigenvalue weighted by molar-refractivity contribution is 5.96. The second-order valence-corrected chi connectivity index (χ2v) is 6.06. The van der Waals surface area contributed by atoms with Gasteiger partial charge in [-0.3, -0.25) is 9.59 Å². The van der Waals surface area contributed by atoms with Crippen molar-refractivity contribution in [3.63, 3.8) is 0 Å². The number of ether oxygens (including phenoxy) is 1. The minimum Gasteiger partial charge on any atom is -0.494 e. The summed E-state index contributed by atoms with van der Waals surface area (Å²) in [6, 6.07) is 16.9. The highest BCUT2D eigenvalue weighted by Gasteiger charge is 2.31. The molecule has 0 aromatic heterocycles. The molecule has 1 saturated heterocycles. The van der Waals surface area contributed by atoms with Gasteiger partial charge in [0.2, 0.25) is 11.8 Å². The van der Waals surface area contributed by atoms with Gasteiger partial charge in [0.25, 0.3) is 0 Å². The molecule has 5 nitrogen and oxygen atoms in total. The standard InChI is InChI=1S/C20H22N2O3/c1-2-25-18-10-8-15(9-11-18)12-19(23)21-16-13-20(24)22(14-16)17-6-4-3-5-7-17/h3-11,16H,2,12-14H2,1H3,(H,21,23). The van der Waals surface area contributed by atoms with Crippen molar-refractivity contribution >= 4 is 17.5 Å². The molecule has 1 aliphatic rings. The van der Waals surface area contributed by atoms with Crippen LogP contribution in [0, 0.1) is 0 Å². The van der Waals surface area contributed by atoms with Gasteiger partial charge in [-0.15, -0.1) is 0 Å². The summed E-state index contributed by atoms with van der Waals surface area (Å²) >= 11 is 0. The summed E-state index contributed by atoms with van der Waals surface area (Å²) in [4.78, 5) is 26.2. The molecule has 2 aromatic rings. The predicted molar refractivity (Wildman–Crippen MR) is 96.7 cm³/mol.